The number of pyridine rings is 1. The van der Waals surface area contributed by atoms with Crippen molar-refractivity contribution in [2.75, 3.05) is 19.0 Å². The van der Waals surface area contributed by atoms with Crippen molar-refractivity contribution in [3.63, 3.8) is 0 Å². The Morgan fingerprint density at radius 2 is 1.94 bits per heavy atom. The molecule has 35 heavy (non-hydrogen) atoms. The van der Waals surface area contributed by atoms with Crippen LogP contribution in [-0.2, 0) is 17.8 Å². The number of hydrogen-bond acceptors (Lipinski definition) is 6. The highest BCUT2D eigenvalue weighted by Gasteiger charge is 2.30. The van der Waals surface area contributed by atoms with E-state index in [0.717, 1.165) is 17.5 Å². The number of amides is 2. The number of ether oxygens (including phenoxy) is 1. The lowest BCUT2D eigenvalue weighted by Gasteiger charge is -2.34. The van der Waals surface area contributed by atoms with Crippen LogP contribution >= 0.6 is 0 Å². The Balaban J connectivity index is 1.86. The van der Waals surface area contributed by atoms with Crippen LogP contribution in [0.4, 0.5) is 5.82 Å². The molecule has 0 spiro atoms. The normalized spacial score (nSPS) is 13.2. The van der Waals surface area contributed by atoms with Crippen LogP contribution in [0.15, 0.2) is 30.3 Å². The summed E-state index contributed by atoms with van der Waals surface area (Å²) in [5.41, 5.74) is 2.19. The fourth-order valence-corrected chi connectivity index (χ4v) is 4.00. The van der Waals surface area contributed by atoms with Gasteiger partial charge in [-0.25, -0.2) is 4.98 Å². The average molecular weight is 479 g/mol. The molecule has 1 aliphatic heterocycles. The van der Waals surface area contributed by atoms with Crippen LogP contribution in [0.1, 0.15) is 61.8 Å². The first-order valence-electron chi connectivity index (χ1n) is 11.6. The van der Waals surface area contributed by atoms with Crippen molar-refractivity contribution >= 4 is 29.8 Å². The third kappa shape index (κ3) is 5.67. The van der Waals surface area contributed by atoms with Gasteiger partial charge in [0.1, 0.15) is 17.3 Å². The standard InChI is InChI=1S/C26H34N6O3/c1-16(2)32(15-27)23(28)20-8-7-9-22(29-20)30-24(33)19-12-18-14-31(25(34)26(3,4)5)11-10-17(18)13-21(19)35-6/h7-9,12-13,15-16,27-28H,10-11,14H2,1-6H3,(H,29,30,33). The van der Waals surface area contributed by atoms with Crippen molar-refractivity contribution in [2.24, 2.45) is 5.41 Å². The van der Waals surface area contributed by atoms with Gasteiger partial charge in [0.15, 0.2) is 5.84 Å². The van der Waals surface area contributed by atoms with Crippen LogP contribution in [0.5, 0.6) is 5.75 Å². The first-order chi connectivity index (χ1) is 16.5. The molecular weight excluding hydrogens is 444 g/mol. The molecule has 0 radical (unpaired) electrons. The molecule has 0 unspecified atom stereocenters. The summed E-state index contributed by atoms with van der Waals surface area (Å²) in [6.07, 6.45) is 1.78. The van der Waals surface area contributed by atoms with E-state index in [1.807, 2.05) is 45.6 Å². The molecule has 0 atom stereocenters. The Bertz CT molecular complexity index is 1150. The topological polar surface area (TPSA) is 122 Å². The lowest BCUT2D eigenvalue weighted by atomic mass is 9.91. The Kier molecular flexibility index (Phi) is 7.57. The number of fused-ring (bicyclic) bond motifs is 1. The molecule has 0 saturated carbocycles. The molecule has 0 saturated heterocycles. The SMILES string of the molecule is COc1cc2c(cc1C(=O)Nc1cccc(C(=N)N(C=N)C(C)C)n1)CN(C(=O)C(C)(C)C)CC2. The Morgan fingerprint density at radius 1 is 1.23 bits per heavy atom. The Labute approximate surface area is 206 Å². The molecular formula is C26H34N6O3. The molecule has 3 N–H and O–H groups in total. The summed E-state index contributed by atoms with van der Waals surface area (Å²) in [7, 11) is 1.52. The zero-order valence-corrected chi connectivity index (χ0v) is 21.2. The second-order valence-electron chi connectivity index (χ2n) is 9.89. The van der Waals surface area contributed by atoms with Gasteiger partial charge in [0.05, 0.1) is 19.0 Å². The van der Waals surface area contributed by atoms with E-state index in [-0.39, 0.29) is 23.6 Å². The van der Waals surface area contributed by atoms with Crippen molar-refractivity contribution in [3.8, 4) is 5.75 Å². The van der Waals surface area contributed by atoms with Gasteiger partial charge in [-0.3, -0.25) is 20.4 Å². The third-order valence-electron chi connectivity index (χ3n) is 5.89. The minimum absolute atomic E-state index is 0.0704. The van der Waals surface area contributed by atoms with E-state index >= 15 is 0 Å². The number of nitrogens with zero attached hydrogens (tertiary/aromatic N) is 3. The molecule has 2 aromatic rings. The highest BCUT2D eigenvalue weighted by molar-refractivity contribution is 6.06. The molecule has 9 nitrogen and oxygen atoms in total. The third-order valence-corrected chi connectivity index (χ3v) is 5.89. The van der Waals surface area contributed by atoms with E-state index in [2.05, 4.69) is 10.3 Å². The van der Waals surface area contributed by atoms with Crippen LogP contribution in [-0.4, -0.2) is 58.5 Å². The second-order valence-corrected chi connectivity index (χ2v) is 9.89. The maximum Gasteiger partial charge on any atom is 0.260 e. The number of nitrogens with one attached hydrogen (secondary N) is 3. The van der Waals surface area contributed by atoms with Gasteiger partial charge < -0.3 is 19.9 Å². The number of carbonyl (C=O) groups is 2. The Hall–Kier alpha value is -3.75. The molecule has 0 bridgehead atoms. The zero-order chi connectivity index (χ0) is 25.9. The molecule has 2 heterocycles. The Morgan fingerprint density at radius 3 is 2.54 bits per heavy atom. The number of rotatable bonds is 6. The molecule has 9 heteroatoms. The van der Waals surface area contributed by atoms with Gasteiger partial charge in [-0.05, 0) is 55.7 Å². The van der Waals surface area contributed by atoms with E-state index in [1.165, 1.54) is 12.0 Å². The molecule has 1 aliphatic rings. The van der Waals surface area contributed by atoms with E-state index in [0.29, 0.717) is 36.5 Å². The first-order valence-corrected chi connectivity index (χ1v) is 11.6. The van der Waals surface area contributed by atoms with Gasteiger partial charge in [-0.2, -0.15) is 0 Å². The lowest BCUT2D eigenvalue weighted by molar-refractivity contribution is -0.140. The monoisotopic (exact) mass is 478 g/mol. The van der Waals surface area contributed by atoms with Crippen molar-refractivity contribution in [3.05, 3.63) is 52.7 Å². The number of hydrogen-bond donors (Lipinski definition) is 3. The summed E-state index contributed by atoms with van der Waals surface area (Å²) < 4.78 is 5.51. The lowest BCUT2D eigenvalue weighted by Crippen LogP contribution is -2.42. The van der Waals surface area contributed by atoms with Crippen molar-refractivity contribution in [1.82, 2.24) is 14.8 Å². The highest BCUT2D eigenvalue weighted by atomic mass is 16.5. The van der Waals surface area contributed by atoms with Gasteiger partial charge in [0, 0.05) is 24.5 Å². The van der Waals surface area contributed by atoms with Gasteiger partial charge in [0.25, 0.3) is 5.91 Å². The molecule has 186 valence electrons. The number of benzene rings is 1. The molecule has 0 fully saturated rings. The maximum absolute atomic E-state index is 13.2. The fourth-order valence-electron chi connectivity index (χ4n) is 4.00. The number of aromatic nitrogens is 1. The molecule has 2 amide bonds. The number of amidine groups is 1. The van der Waals surface area contributed by atoms with Gasteiger partial charge in [0.2, 0.25) is 5.91 Å². The fraction of sp³-hybridized carbons (Fsp3) is 0.423. The van der Waals surface area contributed by atoms with Crippen LogP contribution < -0.4 is 10.1 Å². The maximum atomic E-state index is 13.2. The number of methoxy groups -OCH3 is 1. The minimum Gasteiger partial charge on any atom is -0.496 e. The quantitative estimate of drug-likeness (QED) is 0.429. The van der Waals surface area contributed by atoms with Crippen LogP contribution in [0.2, 0.25) is 0 Å². The summed E-state index contributed by atoms with van der Waals surface area (Å²) in [5, 5.41) is 18.7. The van der Waals surface area contributed by atoms with Crippen LogP contribution in [0, 0.1) is 16.2 Å². The van der Waals surface area contributed by atoms with E-state index in [1.54, 1.807) is 24.3 Å². The largest absolute Gasteiger partial charge is 0.496 e. The number of carbonyl (C=O) groups excluding carboxylic acids is 2. The first kappa shape index (κ1) is 25.9. The molecule has 3 rings (SSSR count). The van der Waals surface area contributed by atoms with Crippen molar-refractivity contribution in [2.45, 2.75) is 53.6 Å². The summed E-state index contributed by atoms with van der Waals surface area (Å²) in [4.78, 5) is 33.7. The van der Waals surface area contributed by atoms with Crippen molar-refractivity contribution < 1.29 is 14.3 Å². The van der Waals surface area contributed by atoms with Gasteiger partial charge in [-0.15, -0.1) is 0 Å². The molecule has 0 aliphatic carbocycles. The summed E-state index contributed by atoms with van der Waals surface area (Å²) in [6, 6.07) is 8.59. The smallest absolute Gasteiger partial charge is 0.260 e. The zero-order valence-electron chi connectivity index (χ0n) is 21.2. The average Bonchev–Trinajstić information content (AvgIpc) is 2.82. The van der Waals surface area contributed by atoms with E-state index < -0.39 is 11.3 Å². The van der Waals surface area contributed by atoms with E-state index in [4.69, 9.17) is 15.6 Å². The minimum atomic E-state index is -0.475. The summed E-state index contributed by atoms with van der Waals surface area (Å²) in [5.74, 6) is 0.494. The second kappa shape index (κ2) is 10.2. The summed E-state index contributed by atoms with van der Waals surface area (Å²) in [6.45, 7) is 10.5. The summed E-state index contributed by atoms with van der Waals surface area (Å²) >= 11 is 0. The molecule has 1 aromatic heterocycles. The van der Waals surface area contributed by atoms with Gasteiger partial charge >= 0.3 is 0 Å². The van der Waals surface area contributed by atoms with Crippen LogP contribution in [0.3, 0.4) is 0 Å². The number of anilines is 1. The highest BCUT2D eigenvalue weighted by Crippen LogP contribution is 2.30. The molecule has 1 aromatic carbocycles. The predicted molar refractivity (Wildman–Crippen MR) is 136 cm³/mol. The van der Waals surface area contributed by atoms with E-state index in [9.17, 15) is 9.59 Å². The van der Waals surface area contributed by atoms with Crippen LogP contribution in [0.25, 0.3) is 0 Å². The van der Waals surface area contributed by atoms with Gasteiger partial charge in [-0.1, -0.05) is 26.8 Å². The van der Waals surface area contributed by atoms with Crippen molar-refractivity contribution in [1.29, 1.82) is 10.8 Å². The predicted octanol–water partition coefficient (Wildman–Crippen LogP) is 3.92.